The van der Waals surface area contributed by atoms with E-state index in [0.717, 1.165) is 19.3 Å². The van der Waals surface area contributed by atoms with Gasteiger partial charge in [0.15, 0.2) is 6.29 Å². The summed E-state index contributed by atoms with van der Waals surface area (Å²) in [5, 5.41) is 10.3. The van der Waals surface area contributed by atoms with Crippen LogP contribution in [-0.2, 0) is 9.47 Å². The Kier molecular flexibility index (Phi) is 4.53. The first kappa shape index (κ1) is 13.7. The first-order chi connectivity index (χ1) is 7.40. The molecule has 0 amide bonds. The second-order valence-corrected chi connectivity index (χ2v) is 5.55. The summed E-state index contributed by atoms with van der Waals surface area (Å²) in [6.07, 6.45) is 3.55. The quantitative estimate of drug-likeness (QED) is 0.593. The van der Waals surface area contributed by atoms with Crippen molar-refractivity contribution in [3.63, 3.8) is 0 Å². The van der Waals surface area contributed by atoms with Gasteiger partial charge >= 0.3 is 0 Å². The highest BCUT2D eigenvalue weighted by Gasteiger charge is 2.40. The van der Waals surface area contributed by atoms with E-state index in [1.165, 1.54) is 0 Å². The number of allylic oxidation sites excluding steroid dienone is 1. The minimum Gasteiger partial charge on any atom is -0.381 e. The Balaban J connectivity index is 2.71. The van der Waals surface area contributed by atoms with Crippen molar-refractivity contribution in [1.29, 1.82) is 0 Å². The molecule has 0 spiro atoms. The Morgan fingerprint density at radius 1 is 1.44 bits per heavy atom. The average Bonchev–Trinajstić information content (AvgIpc) is 2.17. The van der Waals surface area contributed by atoms with E-state index in [-0.39, 0.29) is 11.0 Å². The predicted molar refractivity (Wildman–Crippen MR) is 64.1 cm³/mol. The molecule has 1 heterocycles. The number of aliphatic hydroxyl groups excluding tert-OH is 1. The molecule has 3 heteroatoms. The maximum Gasteiger partial charge on any atom is 0.161 e. The Bertz CT molecular complexity index is 224. The molecule has 1 atom stereocenters. The van der Waals surface area contributed by atoms with Gasteiger partial charge in [-0.1, -0.05) is 6.08 Å². The summed E-state index contributed by atoms with van der Waals surface area (Å²) >= 11 is 0. The summed E-state index contributed by atoms with van der Waals surface area (Å²) in [5.74, 6) is 0. The zero-order chi connectivity index (χ0) is 12.2. The third-order valence-electron chi connectivity index (χ3n) is 3.03. The monoisotopic (exact) mass is 228 g/mol. The molecule has 1 aliphatic rings. The third kappa shape index (κ3) is 3.58. The van der Waals surface area contributed by atoms with Crippen LogP contribution in [0.4, 0.5) is 0 Å². The van der Waals surface area contributed by atoms with Gasteiger partial charge in [-0.05, 0) is 40.0 Å². The molecule has 1 unspecified atom stereocenters. The molecule has 0 aromatic carbocycles. The lowest BCUT2D eigenvalue weighted by Gasteiger charge is -2.42. The smallest absolute Gasteiger partial charge is 0.161 e. The molecule has 1 aliphatic heterocycles. The lowest BCUT2D eigenvalue weighted by atomic mass is 9.76. The standard InChI is InChI=1S/C13H24O3/c1-5-6-13(7-9-15-10-8-13)11(14)16-12(2,3)4/h5,11,14H,1,6-10H2,2-4H3. The summed E-state index contributed by atoms with van der Waals surface area (Å²) in [5.41, 5.74) is -0.542. The highest BCUT2D eigenvalue weighted by molar-refractivity contribution is 4.91. The molecule has 3 nitrogen and oxygen atoms in total. The second-order valence-electron chi connectivity index (χ2n) is 5.55. The maximum atomic E-state index is 10.3. The first-order valence-corrected chi connectivity index (χ1v) is 5.94. The van der Waals surface area contributed by atoms with E-state index in [1.54, 1.807) is 0 Å². The van der Waals surface area contributed by atoms with E-state index in [2.05, 4.69) is 6.58 Å². The molecule has 0 bridgehead atoms. The molecular weight excluding hydrogens is 204 g/mol. The van der Waals surface area contributed by atoms with Crippen LogP contribution in [0.2, 0.25) is 0 Å². The van der Waals surface area contributed by atoms with Crippen LogP contribution >= 0.6 is 0 Å². The van der Waals surface area contributed by atoms with Crippen LogP contribution in [-0.4, -0.2) is 30.2 Å². The van der Waals surface area contributed by atoms with Crippen molar-refractivity contribution in [2.45, 2.75) is 51.9 Å². The Morgan fingerprint density at radius 3 is 2.44 bits per heavy atom. The predicted octanol–water partition coefficient (Wildman–Crippen LogP) is 2.49. The molecule has 1 fully saturated rings. The van der Waals surface area contributed by atoms with Crippen molar-refractivity contribution in [2.75, 3.05) is 13.2 Å². The Hall–Kier alpha value is -0.380. The van der Waals surface area contributed by atoms with E-state index in [4.69, 9.17) is 9.47 Å². The van der Waals surface area contributed by atoms with Crippen molar-refractivity contribution in [3.05, 3.63) is 12.7 Å². The lowest BCUT2D eigenvalue weighted by molar-refractivity contribution is -0.239. The molecule has 1 N–H and O–H groups in total. The van der Waals surface area contributed by atoms with Gasteiger partial charge in [0, 0.05) is 18.6 Å². The van der Waals surface area contributed by atoms with Gasteiger partial charge in [0.05, 0.1) is 5.60 Å². The van der Waals surface area contributed by atoms with Gasteiger partial charge < -0.3 is 14.6 Å². The normalized spacial score (nSPS) is 22.8. The van der Waals surface area contributed by atoms with Gasteiger partial charge in [-0.3, -0.25) is 0 Å². The Labute approximate surface area is 98.4 Å². The summed E-state index contributed by atoms with van der Waals surface area (Å²) in [7, 11) is 0. The molecule has 0 aromatic rings. The largest absolute Gasteiger partial charge is 0.381 e. The molecular formula is C13H24O3. The fourth-order valence-electron chi connectivity index (χ4n) is 2.08. The van der Waals surface area contributed by atoms with Crippen molar-refractivity contribution in [2.24, 2.45) is 5.41 Å². The molecule has 16 heavy (non-hydrogen) atoms. The van der Waals surface area contributed by atoms with Crippen LogP contribution in [0.25, 0.3) is 0 Å². The summed E-state index contributed by atoms with van der Waals surface area (Å²) in [6.45, 7) is 11.0. The van der Waals surface area contributed by atoms with Gasteiger partial charge in [-0.15, -0.1) is 6.58 Å². The van der Waals surface area contributed by atoms with E-state index in [0.29, 0.717) is 13.2 Å². The zero-order valence-electron chi connectivity index (χ0n) is 10.7. The van der Waals surface area contributed by atoms with Crippen LogP contribution in [0.1, 0.15) is 40.0 Å². The lowest BCUT2D eigenvalue weighted by Crippen LogP contribution is -2.44. The summed E-state index contributed by atoms with van der Waals surface area (Å²) < 4.78 is 11.0. The minimum atomic E-state index is -0.741. The highest BCUT2D eigenvalue weighted by Crippen LogP contribution is 2.39. The van der Waals surface area contributed by atoms with Gasteiger partial charge in [0.2, 0.25) is 0 Å². The molecule has 0 aliphatic carbocycles. The molecule has 0 radical (unpaired) electrons. The number of hydrogen-bond donors (Lipinski definition) is 1. The zero-order valence-corrected chi connectivity index (χ0v) is 10.7. The van der Waals surface area contributed by atoms with Crippen LogP contribution < -0.4 is 0 Å². The van der Waals surface area contributed by atoms with Crippen LogP contribution in [0.3, 0.4) is 0 Å². The summed E-state index contributed by atoms with van der Waals surface area (Å²) in [4.78, 5) is 0. The van der Waals surface area contributed by atoms with Crippen molar-refractivity contribution >= 4 is 0 Å². The van der Waals surface area contributed by atoms with Gasteiger partial charge in [-0.2, -0.15) is 0 Å². The van der Waals surface area contributed by atoms with Crippen molar-refractivity contribution in [3.8, 4) is 0 Å². The van der Waals surface area contributed by atoms with Crippen LogP contribution in [0.15, 0.2) is 12.7 Å². The van der Waals surface area contributed by atoms with Crippen LogP contribution in [0.5, 0.6) is 0 Å². The number of hydrogen-bond acceptors (Lipinski definition) is 3. The van der Waals surface area contributed by atoms with Crippen molar-refractivity contribution < 1.29 is 14.6 Å². The van der Waals surface area contributed by atoms with E-state index >= 15 is 0 Å². The van der Waals surface area contributed by atoms with Gasteiger partial charge in [0.25, 0.3) is 0 Å². The number of ether oxygens (including phenoxy) is 2. The fourth-order valence-corrected chi connectivity index (χ4v) is 2.08. The fraction of sp³-hybridized carbons (Fsp3) is 0.846. The van der Waals surface area contributed by atoms with E-state index in [1.807, 2.05) is 26.8 Å². The molecule has 0 saturated carbocycles. The highest BCUT2D eigenvalue weighted by atomic mass is 16.6. The SMILES string of the molecule is C=CCC1(C(O)OC(C)(C)C)CCOCC1. The number of aliphatic hydroxyl groups is 1. The maximum absolute atomic E-state index is 10.3. The number of rotatable bonds is 4. The third-order valence-corrected chi connectivity index (χ3v) is 3.03. The second kappa shape index (κ2) is 5.30. The average molecular weight is 228 g/mol. The molecule has 0 aromatic heterocycles. The molecule has 1 rings (SSSR count). The Morgan fingerprint density at radius 2 is 2.00 bits per heavy atom. The van der Waals surface area contributed by atoms with Gasteiger partial charge in [-0.25, -0.2) is 0 Å². The van der Waals surface area contributed by atoms with Gasteiger partial charge in [0.1, 0.15) is 0 Å². The first-order valence-electron chi connectivity index (χ1n) is 5.94. The minimum absolute atomic E-state index is 0.215. The van der Waals surface area contributed by atoms with Crippen LogP contribution in [0, 0.1) is 5.41 Å². The topological polar surface area (TPSA) is 38.7 Å². The van der Waals surface area contributed by atoms with Crippen molar-refractivity contribution in [1.82, 2.24) is 0 Å². The summed E-state index contributed by atoms with van der Waals surface area (Å²) in [6, 6.07) is 0. The van der Waals surface area contributed by atoms with E-state index < -0.39 is 6.29 Å². The molecule has 1 saturated heterocycles. The van der Waals surface area contributed by atoms with E-state index in [9.17, 15) is 5.11 Å². The molecule has 94 valence electrons.